The minimum Gasteiger partial charge on any atom is -0.507 e. The van der Waals surface area contributed by atoms with E-state index in [4.69, 9.17) is 15.2 Å². The Labute approximate surface area is 217 Å². The van der Waals surface area contributed by atoms with Crippen LogP contribution in [0.25, 0.3) is 0 Å². The van der Waals surface area contributed by atoms with Crippen molar-refractivity contribution in [1.82, 2.24) is 0 Å². The van der Waals surface area contributed by atoms with Crippen molar-refractivity contribution >= 4 is 17.3 Å². The van der Waals surface area contributed by atoms with Gasteiger partial charge in [-0.05, 0) is 19.4 Å². The normalized spacial score (nSPS) is 30.4. The Balaban J connectivity index is 1.68. The van der Waals surface area contributed by atoms with Gasteiger partial charge in [-0.3, -0.25) is 14.4 Å². The predicted molar refractivity (Wildman–Crippen MR) is 130 cm³/mol. The highest BCUT2D eigenvalue weighted by Gasteiger charge is 2.50. The molecule has 1 heterocycles. The Morgan fingerprint density at radius 3 is 2.50 bits per heavy atom. The molecule has 7 N–H and O–H groups in total. The zero-order valence-corrected chi connectivity index (χ0v) is 20.8. The van der Waals surface area contributed by atoms with E-state index in [-0.39, 0.29) is 28.7 Å². The van der Waals surface area contributed by atoms with Crippen LogP contribution in [0.15, 0.2) is 18.2 Å². The number of carbonyl (C=O) groups is 3. The number of aromatic hydroxyl groups is 2. The second-order valence-electron chi connectivity index (χ2n) is 10.3. The molecular formula is C27H29NO10. The zero-order chi connectivity index (χ0) is 27.7. The Kier molecular flexibility index (Phi) is 6.41. The average molecular weight is 528 g/mol. The van der Waals surface area contributed by atoms with Gasteiger partial charge in [-0.2, -0.15) is 0 Å². The number of Topliss-reactive ketones (excluding diaryl/α,β-unsaturated/α-hetero) is 1. The van der Waals surface area contributed by atoms with Crippen molar-refractivity contribution in [2.45, 2.75) is 69.4 Å². The third kappa shape index (κ3) is 3.85. The van der Waals surface area contributed by atoms with Crippen LogP contribution in [0.3, 0.4) is 0 Å². The summed E-state index contributed by atoms with van der Waals surface area (Å²) in [4.78, 5) is 39.6. The van der Waals surface area contributed by atoms with Crippen LogP contribution >= 0.6 is 0 Å². The number of aliphatic hydroxyl groups excluding tert-OH is 2. The number of carbonyl (C=O) groups excluding carboxylic acids is 3. The maximum atomic E-state index is 13.6. The summed E-state index contributed by atoms with van der Waals surface area (Å²) in [6, 6.07) is 3.97. The molecule has 11 heteroatoms. The van der Waals surface area contributed by atoms with Gasteiger partial charge in [0, 0.05) is 47.6 Å². The second-order valence-corrected chi connectivity index (χ2v) is 10.3. The number of rotatable bonds is 4. The molecule has 1 fully saturated rings. The van der Waals surface area contributed by atoms with E-state index in [1.54, 1.807) is 26.0 Å². The highest BCUT2D eigenvalue weighted by molar-refractivity contribution is 6.31. The van der Waals surface area contributed by atoms with Crippen molar-refractivity contribution in [2.24, 2.45) is 5.73 Å². The van der Waals surface area contributed by atoms with E-state index < -0.39 is 95.7 Å². The van der Waals surface area contributed by atoms with Crippen molar-refractivity contribution in [3.05, 3.63) is 57.1 Å². The van der Waals surface area contributed by atoms with Gasteiger partial charge in [-0.1, -0.05) is 18.2 Å². The number of fused-ring (bicyclic) bond motifs is 3. The number of hydrogen-bond acceptors (Lipinski definition) is 11. The number of phenols is 2. The quantitative estimate of drug-likeness (QED) is 0.255. The fourth-order valence-corrected chi connectivity index (χ4v) is 5.78. The molecule has 1 saturated heterocycles. The fourth-order valence-electron chi connectivity index (χ4n) is 5.78. The van der Waals surface area contributed by atoms with Crippen LogP contribution in [0.5, 0.6) is 11.5 Å². The van der Waals surface area contributed by atoms with Gasteiger partial charge in [0.05, 0.1) is 29.4 Å². The lowest BCUT2D eigenvalue weighted by molar-refractivity contribution is -0.247. The first-order valence-corrected chi connectivity index (χ1v) is 12.3. The predicted octanol–water partition coefficient (Wildman–Crippen LogP) is 0.301. The molecule has 38 heavy (non-hydrogen) atoms. The Morgan fingerprint density at radius 2 is 1.84 bits per heavy atom. The Hall–Kier alpha value is -3.19. The molecule has 202 valence electrons. The number of phenolic OH excluding ortho intramolecular Hbond substituents is 2. The largest absolute Gasteiger partial charge is 0.507 e. The van der Waals surface area contributed by atoms with Gasteiger partial charge < -0.3 is 40.7 Å². The summed E-state index contributed by atoms with van der Waals surface area (Å²) in [6.45, 7) is 2.23. The van der Waals surface area contributed by atoms with Crippen LogP contribution in [0, 0.1) is 6.92 Å². The third-order valence-corrected chi connectivity index (χ3v) is 7.83. The second kappa shape index (κ2) is 9.23. The van der Waals surface area contributed by atoms with E-state index in [9.17, 15) is 39.9 Å². The van der Waals surface area contributed by atoms with Crippen molar-refractivity contribution < 1.29 is 49.4 Å². The molecule has 2 aromatic carbocycles. The molecule has 0 bridgehead atoms. The SMILES string of the molecule is Cc1cccc2c1C(=O)c1c(O)c3c(c(O)c1C2=O)C[C@@](O)(C(=O)CO)C[C@@H]3O[C@H]1CC(N)[C@H](O)[C@H](C)O1. The smallest absolute Gasteiger partial charge is 0.198 e. The standard InChI is InChI=1S/C27H29NO10/c1-10-4-3-5-12-18(10)25(34)21-20(23(12)32)24(33)13-7-27(36,16(30)9-29)8-15(19(13)26(21)35)38-17-6-14(28)22(31)11(2)37-17/h3-5,11,14-15,17,22,29,31,33,35-36H,6-9,28H2,1-2H3/t11-,14?,15-,17-,22+,27-/m0/s1. The van der Waals surface area contributed by atoms with Gasteiger partial charge in [-0.15, -0.1) is 0 Å². The summed E-state index contributed by atoms with van der Waals surface area (Å²) in [6.07, 6.45) is -4.98. The fraction of sp³-hybridized carbons (Fsp3) is 0.444. The van der Waals surface area contributed by atoms with Crippen LogP contribution in [0.1, 0.15) is 74.4 Å². The van der Waals surface area contributed by atoms with Gasteiger partial charge in [0.2, 0.25) is 0 Å². The van der Waals surface area contributed by atoms with E-state index in [0.29, 0.717) is 5.56 Å². The Bertz CT molecular complexity index is 1360. The topological polar surface area (TPSA) is 197 Å². The molecule has 0 amide bonds. The highest BCUT2D eigenvalue weighted by Crippen LogP contribution is 2.52. The lowest BCUT2D eigenvalue weighted by Crippen LogP contribution is -2.53. The van der Waals surface area contributed by atoms with Gasteiger partial charge in [-0.25, -0.2) is 0 Å². The minimum absolute atomic E-state index is 0.0331. The number of aliphatic hydroxyl groups is 3. The van der Waals surface area contributed by atoms with Gasteiger partial charge >= 0.3 is 0 Å². The molecular weight excluding hydrogens is 498 g/mol. The number of nitrogens with two attached hydrogens (primary N) is 1. The minimum atomic E-state index is -2.22. The molecule has 0 saturated carbocycles. The van der Waals surface area contributed by atoms with Gasteiger partial charge in [0.25, 0.3) is 0 Å². The molecule has 5 rings (SSSR count). The van der Waals surface area contributed by atoms with E-state index in [1.807, 2.05) is 0 Å². The van der Waals surface area contributed by atoms with Crippen LogP contribution in [0.2, 0.25) is 0 Å². The molecule has 6 atom stereocenters. The molecule has 0 spiro atoms. The monoisotopic (exact) mass is 527 g/mol. The maximum absolute atomic E-state index is 13.6. The highest BCUT2D eigenvalue weighted by atomic mass is 16.7. The van der Waals surface area contributed by atoms with Crippen molar-refractivity contribution in [3.63, 3.8) is 0 Å². The van der Waals surface area contributed by atoms with Crippen molar-refractivity contribution in [1.29, 1.82) is 0 Å². The van der Waals surface area contributed by atoms with E-state index in [1.165, 1.54) is 6.07 Å². The molecule has 2 aromatic rings. The van der Waals surface area contributed by atoms with Crippen LogP contribution in [-0.2, 0) is 20.7 Å². The lowest BCUT2D eigenvalue weighted by Gasteiger charge is -2.42. The molecule has 1 aliphatic heterocycles. The number of ketones is 3. The molecule has 0 radical (unpaired) electrons. The molecule has 2 aliphatic carbocycles. The first-order valence-electron chi connectivity index (χ1n) is 12.3. The summed E-state index contributed by atoms with van der Waals surface area (Å²) in [7, 11) is 0. The zero-order valence-electron chi connectivity index (χ0n) is 20.8. The Morgan fingerprint density at radius 1 is 1.16 bits per heavy atom. The summed E-state index contributed by atoms with van der Waals surface area (Å²) < 4.78 is 11.7. The van der Waals surface area contributed by atoms with E-state index in [2.05, 4.69) is 0 Å². The molecule has 3 aliphatic rings. The number of ether oxygens (including phenoxy) is 2. The molecule has 0 aromatic heterocycles. The average Bonchev–Trinajstić information content (AvgIpc) is 2.86. The summed E-state index contributed by atoms with van der Waals surface area (Å²) in [5.41, 5.74) is 3.38. The number of hydrogen-bond donors (Lipinski definition) is 6. The number of aryl methyl sites for hydroxylation is 1. The van der Waals surface area contributed by atoms with Gasteiger partial charge in [0.1, 0.15) is 23.7 Å². The molecule has 1 unspecified atom stereocenters. The molecule has 11 nitrogen and oxygen atoms in total. The first-order chi connectivity index (χ1) is 17.9. The van der Waals surface area contributed by atoms with Crippen LogP contribution in [-0.4, -0.2) is 79.6 Å². The summed E-state index contributed by atoms with van der Waals surface area (Å²) in [5, 5.41) is 53.6. The maximum Gasteiger partial charge on any atom is 0.198 e. The van der Waals surface area contributed by atoms with Crippen molar-refractivity contribution in [3.8, 4) is 11.5 Å². The van der Waals surface area contributed by atoms with Crippen LogP contribution < -0.4 is 5.73 Å². The lowest BCUT2D eigenvalue weighted by atomic mass is 9.71. The number of benzene rings is 2. The third-order valence-electron chi connectivity index (χ3n) is 7.83. The van der Waals surface area contributed by atoms with E-state index in [0.717, 1.165) is 0 Å². The van der Waals surface area contributed by atoms with E-state index >= 15 is 0 Å². The van der Waals surface area contributed by atoms with Crippen LogP contribution in [0.4, 0.5) is 0 Å². The first kappa shape index (κ1) is 26.4. The summed E-state index contributed by atoms with van der Waals surface area (Å²) in [5.74, 6) is -3.60. The summed E-state index contributed by atoms with van der Waals surface area (Å²) >= 11 is 0. The van der Waals surface area contributed by atoms with Gasteiger partial charge in [0.15, 0.2) is 23.6 Å². The van der Waals surface area contributed by atoms with Crippen molar-refractivity contribution in [2.75, 3.05) is 6.61 Å².